The highest BCUT2D eigenvalue weighted by Crippen LogP contribution is 2.59. The minimum Gasteiger partial charge on any atom is -0.382 e. The first-order chi connectivity index (χ1) is 7.42. The van der Waals surface area contributed by atoms with E-state index < -0.39 is 0 Å². The Bertz CT molecular complexity index is 211. The SMILES string of the molecule is COCCOC1C2CCC1C1CCCC12. The van der Waals surface area contributed by atoms with E-state index in [1.165, 1.54) is 32.1 Å². The van der Waals surface area contributed by atoms with Crippen molar-refractivity contribution in [3.05, 3.63) is 0 Å². The lowest BCUT2D eigenvalue weighted by molar-refractivity contribution is -0.0112. The summed E-state index contributed by atoms with van der Waals surface area (Å²) in [6, 6.07) is 0. The van der Waals surface area contributed by atoms with Crippen molar-refractivity contribution in [2.75, 3.05) is 20.3 Å². The number of rotatable bonds is 4. The Morgan fingerprint density at radius 1 is 0.867 bits per heavy atom. The van der Waals surface area contributed by atoms with Crippen molar-refractivity contribution in [3.8, 4) is 0 Å². The van der Waals surface area contributed by atoms with Crippen molar-refractivity contribution in [2.45, 2.75) is 38.2 Å². The highest BCUT2D eigenvalue weighted by molar-refractivity contribution is 5.05. The van der Waals surface area contributed by atoms with Crippen molar-refractivity contribution in [1.82, 2.24) is 0 Å². The summed E-state index contributed by atoms with van der Waals surface area (Å²) in [4.78, 5) is 0. The van der Waals surface area contributed by atoms with Crippen LogP contribution >= 0.6 is 0 Å². The maximum Gasteiger partial charge on any atom is 0.0704 e. The topological polar surface area (TPSA) is 18.5 Å². The van der Waals surface area contributed by atoms with Crippen molar-refractivity contribution in [1.29, 1.82) is 0 Å². The van der Waals surface area contributed by atoms with Crippen LogP contribution in [0.4, 0.5) is 0 Å². The van der Waals surface area contributed by atoms with Gasteiger partial charge in [0.05, 0.1) is 19.3 Å². The largest absolute Gasteiger partial charge is 0.382 e. The molecule has 4 atom stereocenters. The quantitative estimate of drug-likeness (QED) is 0.664. The van der Waals surface area contributed by atoms with Gasteiger partial charge in [0.25, 0.3) is 0 Å². The predicted octanol–water partition coefficient (Wildman–Crippen LogP) is 2.47. The van der Waals surface area contributed by atoms with Crippen LogP contribution in [0.1, 0.15) is 32.1 Å². The summed E-state index contributed by atoms with van der Waals surface area (Å²) in [5, 5.41) is 0. The molecule has 2 nitrogen and oxygen atoms in total. The molecule has 3 fully saturated rings. The van der Waals surface area contributed by atoms with E-state index in [1.54, 1.807) is 7.11 Å². The molecule has 0 aliphatic heterocycles. The standard InChI is InChI=1S/C13H22O2/c1-14-7-8-15-13-11-5-6-12(13)10-4-2-3-9(10)11/h9-13H,2-8H2,1H3. The van der Waals surface area contributed by atoms with Gasteiger partial charge in [-0.25, -0.2) is 0 Å². The number of ether oxygens (including phenoxy) is 2. The van der Waals surface area contributed by atoms with Gasteiger partial charge in [-0.2, -0.15) is 0 Å². The monoisotopic (exact) mass is 210 g/mol. The second-order valence-electron chi connectivity index (χ2n) is 5.49. The predicted molar refractivity (Wildman–Crippen MR) is 58.7 cm³/mol. The van der Waals surface area contributed by atoms with Gasteiger partial charge in [0.1, 0.15) is 0 Å². The van der Waals surface area contributed by atoms with Crippen molar-refractivity contribution in [3.63, 3.8) is 0 Å². The Balaban J connectivity index is 1.62. The van der Waals surface area contributed by atoms with Gasteiger partial charge in [0.15, 0.2) is 0 Å². The van der Waals surface area contributed by atoms with E-state index in [1.807, 2.05) is 0 Å². The van der Waals surface area contributed by atoms with Crippen molar-refractivity contribution >= 4 is 0 Å². The zero-order chi connectivity index (χ0) is 10.3. The molecule has 0 aromatic rings. The number of methoxy groups -OCH3 is 1. The molecule has 86 valence electrons. The van der Waals surface area contributed by atoms with E-state index >= 15 is 0 Å². The molecule has 3 saturated carbocycles. The summed E-state index contributed by atoms with van der Waals surface area (Å²) in [7, 11) is 1.75. The summed E-state index contributed by atoms with van der Waals surface area (Å²) in [6.45, 7) is 1.55. The van der Waals surface area contributed by atoms with Gasteiger partial charge in [-0.1, -0.05) is 6.42 Å². The van der Waals surface area contributed by atoms with Crippen LogP contribution < -0.4 is 0 Å². The molecule has 0 heterocycles. The lowest BCUT2D eigenvalue weighted by Gasteiger charge is -2.22. The van der Waals surface area contributed by atoms with Gasteiger partial charge in [0.2, 0.25) is 0 Å². The zero-order valence-electron chi connectivity index (χ0n) is 9.65. The lowest BCUT2D eigenvalue weighted by atomic mass is 9.82. The van der Waals surface area contributed by atoms with E-state index in [0.29, 0.717) is 6.10 Å². The van der Waals surface area contributed by atoms with Crippen LogP contribution in [0.15, 0.2) is 0 Å². The van der Waals surface area contributed by atoms with Crippen LogP contribution in [-0.2, 0) is 9.47 Å². The Morgan fingerprint density at radius 2 is 1.53 bits per heavy atom. The molecule has 2 bridgehead atoms. The van der Waals surface area contributed by atoms with Crippen LogP contribution in [0.5, 0.6) is 0 Å². The van der Waals surface area contributed by atoms with Gasteiger partial charge in [-0.3, -0.25) is 0 Å². The van der Waals surface area contributed by atoms with Crippen LogP contribution in [0.2, 0.25) is 0 Å². The van der Waals surface area contributed by atoms with Gasteiger partial charge in [0, 0.05) is 7.11 Å². The fourth-order valence-corrected chi connectivity index (χ4v) is 4.54. The summed E-state index contributed by atoms with van der Waals surface area (Å²) >= 11 is 0. The molecular formula is C13H22O2. The third-order valence-electron chi connectivity index (χ3n) is 5.00. The molecule has 0 amide bonds. The van der Waals surface area contributed by atoms with Gasteiger partial charge >= 0.3 is 0 Å². The molecule has 0 spiro atoms. The van der Waals surface area contributed by atoms with E-state index in [9.17, 15) is 0 Å². The fraction of sp³-hybridized carbons (Fsp3) is 1.00. The van der Waals surface area contributed by atoms with Crippen LogP contribution in [-0.4, -0.2) is 26.4 Å². The molecule has 15 heavy (non-hydrogen) atoms. The molecule has 0 saturated heterocycles. The maximum absolute atomic E-state index is 6.04. The van der Waals surface area contributed by atoms with Gasteiger partial charge in [-0.15, -0.1) is 0 Å². The Labute approximate surface area is 92.3 Å². The molecule has 3 aliphatic rings. The molecule has 0 radical (unpaired) electrons. The number of hydrogen-bond donors (Lipinski definition) is 0. The average Bonchev–Trinajstić information content (AvgIpc) is 2.88. The maximum atomic E-state index is 6.04. The number of fused-ring (bicyclic) bond motifs is 5. The average molecular weight is 210 g/mol. The van der Waals surface area contributed by atoms with E-state index in [-0.39, 0.29) is 0 Å². The van der Waals surface area contributed by atoms with Gasteiger partial charge < -0.3 is 9.47 Å². The third-order valence-corrected chi connectivity index (χ3v) is 5.00. The van der Waals surface area contributed by atoms with Crippen molar-refractivity contribution < 1.29 is 9.47 Å². The smallest absolute Gasteiger partial charge is 0.0704 e. The second kappa shape index (κ2) is 4.06. The molecule has 3 rings (SSSR count). The van der Waals surface area contributed by atoms with Gasteiger partial charge in [-0.05, 0) is 49.4 Å². The highest BCUT2D eigenvalue weighted by Gasteiger charge is 2.56. The molecular weight excluding hydrogens is 188 g/mol. The van der Waals surface area contributed by atoms with E-state index in [4.69, 9.17) is 9.47 Å². The van der Waals surface area contributed by atoms with E-state index in [2.05, 4.69) is 0 Å². The fourth-order valence-electron chi connectivity index (χ4n) is 4.54. The molecule has 0 aromatic heterocycles. The molecule has 2 heteroatoms. The second-order valence-corrected chi connectivity index (χ2v) is 5.49. The Kier molecular flexibility index (Phi) is 2.73. The minimum absolute atomic E-state index is 0.593. The minimum atomic E-state index is 0.593. The summed E-state index contributed by atoms with van der Waals surface area (Å²) in [5.74, 6) is 3.85. The summed E-state index contributed by atoms with van der Waals surface area (Å²) in [6.07, 6.45) is 7.90. The molecule has 0 N–H and O–H groups in total. The Morgan fingerprint density at radius 3 is 2.13 bits per heavy atom. The highest BCUT2D eigenvalue weighted by atomic mass is 16.5. The lowest BCUT2D eigenvalue weighted by Crippen LogP contribution is -2.22. The van der Waals surface area contributed by atoms with Crippen LogP contribution in [0, 0.1) is 23.7 Å². The molecule has 3 aliphatic carbocycles. The summed E-state index contributed by atoms with van der Waals surface area (Å²) < 4.78 is 11.1. The summed E-state index contributed by atoms with van der Waals surface area (Å²) in [5.41, 5.74) is 0. The van der Waals surface area contributed by atoms with Crippen LogP contribution in [0.25, 0.3) is 0 Å². The normalized spacial score (nSPS) is 47.4. The van der Waals surface area contributed by atoms with Crippen molar-refractivity contribution in [2.24, 2.45) is 23.7 Å². The molecule has 4 unspecified atom stereocenters. The Hall–Kier alpha value is -0.0800. The zero-order valence-corrected chi connectivity index (χ0v) is 9.65. The first-order valence-corrected chi connectivity index (χ1v) is 6.52. The number of hydrogen-bond acceptors (Lipinski definition) is 2. The first kappa shape index (κ1) is 10.1. The van der Waals surface area contributed by atoms with E-state index in [0.717, 1.165) is 36.9 Å². The molecule has 0 aromatic carbocycles. The first-order valence-electron chi connectivity index (χ1n) is 6.52. The third kappa shape index (κ3) is 1.53. The van der Waals surface area contributed by atoms with Crippen LogP contribution in [0.3, 0.4) is 0 Å².